The predicted molar refractivity (Wildman–Crippen MR) is 76.0 cm³/mol. The van der Waals surface area contributed by atoms with Gasteiger partial charge in [-0.1, -0.05) is 0 Å². The number of aryl methyl sites for hydroxylation is 1. The highest BCUT2D eigenvalue weighted by atomic mass is 79.9. The van der Waals surface area contributed by atoms with Gasteiger partial charge >= 0.3 is 0 Å². The number of benzene rings is 2. The zero-order chi connectivity index (χ0) is 15.8. The zero-order valence-electron chi connectivity index (χ0n) is 10.6. The number of sulfonamides is 1. The fraction of sp³-hybridized carbons (Fsp3) is 0.0769. The van der Waals surface area contributed by atoms with Crippen molar-refractivity contribution >= 4 is 31.6 Å². The standard InChI is InChI=1S/C13H9BrF3NO2S/c1-7-2-8(15)4-10(3-7)18-21(19,20)13-11(14)5-9(16)6-12(13)17/h2-6,18H,1H3. The molecule has 0 aliphatic rings. The highest BCUT2D eigenvalue weighted by molar-refractivity contribution is 9.10. The topological polar surface area (TPSA) is 46.2 Å². The second-order valence-electron chi connectivity index (χ2n) is 4.32. The van der Waals surface area contributed by atoms with Gasteiger partial charge in [0, 0.05) is 10.5 Å². The van der Waals surface area contributed by atoms with Crippen LogP contribution in [0.3, 0.4) is 0 Å². The summed E-state index contributed by atoms with van der Waals surface area (Å²) in [5.41, 5.74) is 0.439. The monoisotopic (exact) mass is 379 g/mol. The molecular weight excluding hydrogens is 371 g/mol. The average Bonchev–Trinajstić information content (AvgIpc) is 2.23. The van der Waals surface area contributed by atoms with Gasteiger partial charge in [-0.3, -0.25) is 4.72 Å². The van der Waals surface area contributed by atoms with Crippen LogP contribution in [0.1, 0.15) is 5.56 Å². The second kappa shape index (κ2) is 5.69. The first-order valence-corrected chi connectivity index (χ1v) is 7.91. The van der Waals surface area contributed by atoms with Gasteiger partial charge in [0.1, 0.15) is 22.3 Å². The lowest BCUT2D eigenvalue weighted by molar-refractivity contribution is 0.548. The number of nitrogens with one attached hydrogen (secondary N) is 1. The van der Waals surface area contributed by atoms with Crippen LogP contribution in [0.15, 0.2) is 39.7 Å². The predicted octanol–water partition coefficient (Wildman–Crippen LogP) is 3.98. The lowest BCUT2D eigenvalue weighted by atomic mass is 10.2. The van der Waals surface area contributed by atoms with E-state index in [0.717, 1.165) is 12.1 Å². The van der Waals surface area contributed by atoms with E-state index < -0.39 is 32.4 Å². The van der Waals surface area contributed by atoms with E-state index in [9.17, 15) is 21.6 Å². The molecule has 21 heavy (non-hydrogen) atoms. The van der Waals surface area contributed by atoms with Crippen LogP contribution >= 0.6 is 15.9 Å². The zero-order valence-corrected chi connectivity index (χ0v) is 13.0. The summed E-state index contributed by atoms with van der Waals surface area (Å²) in [6.45, 7) is 1.58. The van der Waals surface area contributed by atoms with Gasteiger partial charge in [0.15, 0.2) is 0 Å². The highest BCUT2D eigenvalue weighted by Crippen LogP contribution is 2.28. The molecule has 2 rings (SSSR count). The van der Waals surface area contributed by atoms with Crippen molar-refractivity contribution in [3.8, 4) is 0 Å². The van der Waals surface area contributed by atoms with Gasteiger partial charge in [0.2, 0.25) is 0 Å². The molecule has 0 aliphatic carbocycles. The van der Waals surface area contributed by atoms with E-state index in [0.29, 0.717) is 11.6 Å². The minimum atomic E-state index is -4.33. The van der Waals surface area contributed by atoms with E-state index in [2.05, 4.69) is 20.7 Å². The molecule has 112 valence electrons. The lowest BCUT2D eigenvalue weighted by Crippen LogP contribution is -2.16. The third-order valence-corrected chi connectivity index (χ3v) is 4.87. The third-order valence-electron chi connectivity index (χ3n) is 2.53. The van der Waals surface area contributed by atoms with Crippen molar-refractivity contribution in [3.63, 3.8) is 0 Å². The normalized spacial score (nSPS) is 11.5. The van der Waals surface area contributed by atoms with Crippen LogP contribution in [0, 0.1) is 24.4 Å². The summed E-state index contributed by atoms with van der Waals surface area (Å²) in [6, 6.07) is 4.84. The first-order chi connectivity index (χ1) is 9.69. The molecule has 0 saturated carbocycles. The van der Waals surface area contributed by atoms with Crippen molar-refractivity contribution < 1.29 is 21.6 Å². The van der Waals surface area contributed by atoms with Crippen molar-refractivity contribution in [2.24, 2.45) is 0 Å². The summed E-state index contributed by atoms with van der Waals surface area (Å²) in [6.07, 6.45) is 0. The van der Waals surface area contributed by atoms with Gasteiger partial charge < -0.3 is 0 Å². The number of anilines is 1. The van der Waals surface area contributed by atoms with Gasteiger partial charge in [0.05, 0.1) is 5.69 Å². The van der Waals surface area contributed by atoms with Crippen molar-refractivity contribution in [1.82, 2.24) is 0 Å². The maximum Gasteiger partial charge on any atom is 0.265 e. The highest BCUT2D eigenvalue weighted by Gasteiger charge is 2.24. The van der Waals surface area contributed by atoms with Crippen molar-refractivity contribution in [3.05, 3.63) is 57.8 Å². The minimum absolute atomic E-state index is 0.0527. The van der Waals surface area contributed by atoms with Crippen molar-refractivity contribution in [2.75, 3.05) is 4.72 Å². The molecule has 0 unspecified atom stereocenters. The maximum atomic E-state index is 13.7. The van der Waals surface area contributed by atoms with Gasteiger partial charge in [-0.25, -0.2) is 21.6 Å². The molecule has 1 N–H and O–H groups in total. The number of hydrogen-bond donors (Lipinski definition) is 1. The van der Waals surface area contributed by atoms with E-state index in [-0.39, 0.29) is 10.2 Å². The number of halogens is 4. The first kappa shape index (κ1) is 15.8. The number of hydrogen-bond acceptors (Lipinski definition) is 2. The Morgan fingerprint density at radius 1 is 1.00 bits per heavy atom. The summed E-state index contributed by atoms with van der Waals surface area (Å²) in [7, 11) is -4.33. The van der Waals surface area contributed by atoms with Crippen LogP contribution < -0.4 is 4.72 Å². The maximum absolute atomic E-state index is 13.7. The molecule has 8 heteroatoms. The number of rotatable bonds is 3. The Kier molecular flexibility index (Phi) is 4.29. The van der Waals surface area contributed by atoms with Crippen molar-refractivity contribution in [2.45, 2.75) is 11.8 Å². The molecule has 0 saturated heterocycles. The third kappa shape index (κ3) is 3.56. The first-order valence-electron chi connectivity index (χ1n) is 5.63. The molecule has 0 fully saturated rings. The Balaban J connectivity index is 2.48. The largest absolute Gasteiger partial charge is 0.279 e. The summed E-state index contributed by atoms with van der Waals surface area (Å²) in [5.74, 6) is -2.80. The van der Waals surface area contributed by atoms with E-state index >= 15 is 0 Å². The summed E-state index contributed by atoms with van der Waals surface area (Å²) in [4.78, 5) is -0.745. The van der Waals surface area contributed by atoms with E-state index in [1.807, 2.05) is 0 Å². The van der Waals surface area contributed by atoms with Crippen LogP contribution in [0.25, 0.3) is 0 Å². The van der Waals surface area contributed by atoms with Gasteiger partial charge in [-0.2, -0.15) is 0 Å². The van der Waals surface area contributed by atoms with E-state index in [1.165, 1.54) is 12.1 Å². The average molecular weight is 380 g/mol. The Bertz CT molecular complexity index is 766. The van der Waals surface area contributed by atoms with Crippen LogP contribution in [-0.2, 0) is 10.0 Å². The Morgan fingerprint density at radius 2 is 1.62 bits per heavy atom. The van der Waals surface area contributed by atoms with Gasteiger partial charge in [0.25, 0.3) is 10.0 Å². The van der Waals surface area contributed by atoms with Crippen molar-refractivity contribution in [1.29, 1.82) is 0 Å². The van der Waals surface area contributed by atoms with Gasteiger partial charge in [-0.05, 0) is 52.7 Å². The molecule has 0 bridgehead atoms. The molecule has 3 nitrogen and oxygen atoms in total. The van der Waals surface area contributed by atoms with Gasteiger partial charge in [-0.15, -0.1) is 0 Å². The molecule has 0 heterocycles. The summed E-state index contributed by atoms with van der Waals surface area (Å²) < 4.78 is 66.0. The molecular formula is C13H9BrF3NO2S. The minimum Gasteiger partial charge on any atom is -0.279 e. The fourth-order valence-electron chi connectivity index (χ4n) is 1.79. The molecule has 2 aromatic rings. The molecule has 0 amide bonds. The van der Waals surface area contributed by atoms with Crippen LogP contribution in [-0.4, -0.2) is 8.42 Å². The molecule has 0 aromatic heterocycles. The Morgan fingerprint density at radius 3 is 2.19 bits per heavy atom. The van der Waals surface area contributed by atoms with Crippen LogP contribution in [0.5, 0.6) is 0 Å². The Labute approximate surface area is 128 Å². The van der Waals surface area contributed by atoms with Crippen LogP contribution in [0.2, 0.25) is 0 Å². The SMILES string of the molecule is Cc1cc(F)cc(NS(=O)(=O)c2c(F)cc(F)cc2Br)c1. The van der Waals surface area contributed by atoms with Crippen LogP contribution in [0.4, 0.5) is 18.9 Å². The summed E-state index contributed by atoms with van der Waals surface area (Å²) in [5, 5.41) is 0. The molecule has 0 aliphatic heterocycles. The lowest BCUT2D eigenvalue weighted by Gasteiger charge is -2.11. The summed E-state index contributed by atoms with van der Waals surface area (Å²) >= 11 is 2.80. The molecule has 2 aromatic carbocycles. The smallest absolute Gasteiger partial charge is 0.265 e. The molecule has 0 atom stereocenters. The second-order valence-corrected chi connectivity index (χ2v) is 6.79. The fourth-order valence-corrected chi connectivity index (χ4v) is 4.00. The van der Waals surface area contributed by atoms with E-state index in [4.69, 9.17) is 0 Å². The quantitative estimate of drug-likeness (QED) is 0.876. The van der Waals surface area contributed by atoms with E-state index in [1.54, 1.807) is 6.92 Å². The molecule has 0 radical (unpaired) electrons. The Hall–Kier alpha value is -1.54. The molecule has 0 spiro atoms.